The summed E-state index contributed by atoms with van der Waals surface area (Å²) in [4.78, 5) is 8.42. The van der Waals surface area contributed by atoms with Crippen molar-refractivity contribution in [3.05, 3.63) is 45.9 Å². The summed E-state index contributed by atoms with van der Waals surface area (Å²) in [6.45, 7) is 1.79. The van der Waals surface area contributed by atoms with E-state index < -0.39 is 0 Å². The summed E-state index contributed by atoms with van der Waals surface area (Å²) in [5, 5.41) is 3.00. The van der Waals surface area contributed by atoms with Gasteiger partial charge < -0.3 is 11.1 Å². The van der Waals surface area contributed by atoms with Crippen LogP contribution in [0.5, 0.6) is 0 Å². The highest BCUT2D eigenvalue weighted by molar-refractivity contribution is 9.10. The van der Waals surface area contributed by atoms with E-state index in [4.69, 9.17) is 18.0 Å². The lowest BCUT2D eigenvalue weighted by atomic mass is 10.2. The molecule has 1 heterocycles. The molecule has 0 saturated carbocycles. The highest BCUT2D eigenvalue weighted by atomic mass is 79.9. The molecule has 0 atom stereocenters. The first-order chi connectivity index (χ1) is 8.97. The molecule has 0 fully saturated rings. The molecule has 98 valence electrons. The summed E-state index contributed by atoms with van der Waals surface area (Å²) in [6.07, 6.45) is 1.55. The van der Waals surface area contributed by atoms with E-state index in [1.807, 2.05) is 0 Å². The fourth-order valence-corrected chi connectivity index (χ4v) is 1.91. The third-order valence-corrected chi connectivity index (χ3v) is 3.24. The number of aryl methyl sites for hydroxylation is 1. The lowest BCUT2D eigenvalue weighted by Gasteiger charge is -2.09. The van der Waals surface area contributed by atoms with Crippen LogP contribution in [-0.2, 0) is 0 Å². The van der Waals surface area contributed by atoms with Gasteiger partial charge in [-0.1, -0.05) is 12.2 Å². The Balaban J connectivity index is 2.33. The Bertz CT molecular complexity index is 648. The lowest BCUT2D eigenvalue weighted by molar-refractivity contribution is 0.620. The van der Waals surface area contributed by atoms with Gasteiger partial charge in [-0.25, -0.2) is 14.4 Å². The largest absolute Gasteiger partial charge is 0.388 e. The Labute approximate surface area is 123 Å². The van der Waals surface area contributed by atoms with Crippen molar-refractivity contribution in [1.29, 1.82) is 0 Å². The van der Waals surface area contributed by atoms with Crippen molar-refractivity contribution >= 4 is 44.8 Å². The molecule has 4 nitrogen and oxygen atoms in total. The molecule has 19 heavy (non-hydrogen) atoms. The van der Waals surface area contributed by atoms with Gasteiger partial charge in [0.25, 0.3) is 0 Å². The maximum absolute atomic E-state index is 13.3. The second-order valence-electron chi connectivity index (χ2n) is 3.84. The van der Waals surface area contributed by atoms with Crippen molar-refractivity contribution in [2.75, 3.05) is 5.32 Å². The van der Waals surface area contributed by atoms with Crippen LogP contribution in [0.4, 0.5) is 16.0 Å². The summed E-state index contributed by atoms with van der Waals surface area (Å²) in [5.74, 6) is 0.0350. The molecule has 0 saturated heterocycles. The Hall–Kier alpha value is -1.60. The SMILES string of the molecule is Cc1cc(F)c(Br)cc1Nc1nccc(C(N)=S)n1. The number of halogens is 2. The monoisotopic (exact) mass is 340 g/mol. The molecule has 2 aromatic rings. The number of hydrogen-bond donors (Lipinski definition) is 2. The third-order valence-electron chi connectivity index (χ3n) is 2.42. The Morgan fingerprint density at radius 1 is 1.47 bits per heavy atom. The number of rotatable bonds is 3. The number of nitrogens with zero attached hydrogens (tertiary/aromatic N) is 2. The fourth-order valence-electron chi connectivity index (χ4n) is 1.46. The van der Waals surface area contributed by atoms with Crippen LogP contribution in [0, 0.1) is 12.7 Å². The van der Waals surface area contributed by atoms with Gasteiger partial charge in [-0.2, -0.15) is 0 Å². The van der Waals surface area contributed by atoms with E-state index in [-0.39, 0.29) is 10.8 Å². The second-order valence-corrected chi connectivity index (χ2v) is 5.13. The van der Waals surface area contributed by atoms with Crippen LogP contribution in [0.2, 0.25) is 0 Å². The molecule has 0 bridgehead atoms. The quantitative estimate of drug-likeness (QED) is 0.840. The maximum Gasteiger partial charge on any atom is 0.227 e. The van der Waals surface area contributed by atoms with Crippen molar-refractivity contribution in [3.8, 4) is 0 Å². The van der Waals surface area contributed by atoms with Crippen LogP contribution in [0.1, 0.15) is 11.3 Å². The van der Waals surface area contributed by atoms with Gasteiger partial charge in [0.15, 0.2) is 0 Å². The van der Waals surface area contributed by atoms with Crippen LogP contribution in [0.15, 0.2) is 28.9 Å². The molecule has 0 aliphatic heterocycles. The van der Waals surface area contributed by atoms with E-state index in [2.05, 4.69) is 31.2 Å². The average molecular weight is 341 g/mol. The first-order valence-electron chi connectivity index (χ1n) is 5.33. The van der Waals surface area contributed by atoms with Crippen molar-refractivity contribution < 1.29 is 4.39 Å². The van der Waals surface area contributed by atoms with Gasteiger partial charge >= 0.3 is 0 Å². The lowest BCUT2D eigenvalue weighted by Crippen LogP contribution is -2.13. The Kier molecular flexibility index (Phi) is 4.06. The highest BCUT2D eigenvalue weighted by Crippen LogP contribution is 2.25. The van der Waals surface area contributed by atoms with Crippen LogP contribution in [0.25, 0.3) is 0 Å². The minimum Gasteiger partial charge on any atom is -0.388 e. The van der Waals surface area contributed by atoms with Gasteiger partial charge in [-0.15, -0.1) is 0 Å². The number of thiocarbonyl (C=S) groups is 1. The smallest absolute Gasteiger partial charge is 0.227 e. The molecule has 0 amide bonds. The first kappa shape index (κ1) is 13.8. The van der Waals surface area contributed by atoms with Crippen LogP contribution < -0.4 is 11.1 Å². The topological polar surface area (TPSA) is 63.8 Å². The number of anilines is 2. The van der Waals surface area contributed by atoms with Crippen molar-refractivity contribution in [2.24, 2.45) is 5.73 Å². The van der Waals surface area contributed by atoms with Crippen LogP contribution in [-0.4, -0.2) is 15.0 Å². The normalized spacial score (nSPS) is 10.3. The molecule has 0 aliphatic carbocycles. The predicted octanol–water partition coefficient (Wildman–Crippen LogP) is 3.06. The number of benzene rings is 1. The summed E-state index contributed by atoms with van der Waals surface area (Å²) in [6, 6.07) is 4.67. The summed E-state index contributed by atoms with van der Waals surface area (Å²) in [5.41, 5.74) is 7.43. The average Bonchev–Trinajstić information content (AvgIpc) is 2.36. The first-order valence-corrected chi connectivity index (χ1v) is 6.53. The standard InChI is InChI=1S/C12H10BrFN4S/c1-6-4-8(14)7(13)5-10(6)18-12-16-3-2-9(17-12)11(15)19/h2-5H,1H3,(H2,15,19)(H,16,17,18). The van der Waals surface area contributed by atoms with E-state index in [0.29, 0.717) is 21.8 Å². The summed E-state index contributed by atoms with van der Waals surface area (Å²) >= 11 is 7.99. The summed E-state index contributed by atoms with van der Waals surface area (Å²) in [7, 11) is 0. The number of hydrogen-bond acceptors (Lipinski definition) is 4. The molecule has 0 unspecified atom stereocenters. The van der Waals surface area contributed by atoms with E-state index in [1.165, 1.54) is 6.07 Å². The zero-order chi connectivity index (χ0) is 14.0. The van der Waals surface area contributed by atoms with Crippen molar-refractivity contribution in [3.63, 3.8) is 0 Å². The van der Waals surface area contributed by atoms with Crippen molar-refractivity contribution in [2.45, 2.75) is 6.92 Å². The molecule has 0 radical (unpaired) electrons. The Morgan fingerprint density at radius 2 is 2.21 bits per heavy atom. The number of nitrogens with one attached hydrogen (secondary N) is 1. The fraction of sp³-hybridized carbons (Fsp3) is 0.0833. The zero-order valence-electron chi connectivity index (χ0n) is 9.95. The Morgan fingerprint density at radius 3 is 2.89 bits per heavy atom. The molecule has 2 rings (SSSR count). The van der Waals surface area contributed by atoms with Gasteiger partial charge in [0, 0.05) is 11.9 Å². The predicted molar refractivity (Wildman–Crippen MR) is 80.0 cm³/mol. The zero-order valence-corrected chi connectivity index (χ0v) is 12.3. The molecule has 0 aliphatic rings. The molecule has 7 heteroatoms. The maximum atomic E-state index is 13.3. The van der Waals surface area contributed by atoms with Crippen molar-refractivity contribution in [1.82, 2.24) is 9.97 Å². The molecular weight excluding hydrogens is 331 g/mol. The van der Waals surface area contributed by atoms with Crippen LogP contribution in [0.3, 0.4) is 0 Å². The van der Waals surface area contributed by atoms with E-state index in [0.717, 1.165) is 5.56 Å². The van der Waals surface area contributed by atoms with Gasteiger partial charge in [-0.05, 0) is 46.6 Å². The molecule has 1 aromatic heterocycles. The number of aromatic nitrogens is 2. The number of nitrogens with two attached hydrogens (primary N) is 1. The van der Waals surface area contributed by atoms with Gasteiger partial charge in [-0.3, -0.25) is 0 Å². The van der Waals surface area contributed by atoms with Gasteiger partial charge in [0.05, 0.1) is 4.47 Å². The highest BCUT2D eigenvalue weighted by Gasteiger charge is 2.07. The van der Waals surface area contributed by atoms with E-state index in [9.17, 15) is 4.39 Å². The molecule has 0 spiro atoms. The second kappa shape index (κ2) is 5.58. The minimum atomic E-state index is -0.319. The van der Waals surface area contributed by atoms with Gasteiger partial charge in [0.1, 0.15) is 16.5 Å². The molecular formula is C12H10BrFN4S. The van der Waals surface area contributed by atoms with Gasteiger partial charge in [0.2, 0.25) is 5.95 Å². The molecule has 1 aromatic carbocycles. The minimum absolute atomic E-state index is 0.197. The molecule has 3 N–H and O–H groups in total. The van der Waals surface area contributed by atoms with Crippen LogP contribution >= 0.6 is 28.1 Å². The summed E-state index contributed by atoms with van der Waals surface area (Å²) < 4.78 is 13.7. The van der Waals surface area contributed by atoms with E-state index >= 15 is 0 Å². The van der Waals surface area contributed by atoms with E-state index in [1.54, 1.807) is 25.3 Å². The third kappa shape index (κ3) is 3.24.